The third-order valence-corrected chi connectivity index (χ3v) is 6.29. The first-order chi connectivity index (χ1) is 13.2. The van der Waals surface area contributed by atoms with Crippen molar-refractivity contribution in [3.63, 3.8) is 0 Å². The van der Waals surface area contributed by atoms with Gasteiger partial charge in [0.25, 0.3) is 0 Å². The number of nitrogen functional groups attached to an aromatic ring is 1. The van der Waals surface area contributed by atoms with Gasteiger partial charge in [-0.2, -0.15) is 5.10 Å². The van der Waals surface area contributed by atoms with Gasteiger partial charge in [-0.05, 0) is 44.0 Å². The number of aromatic amines is 1. The number of rotatable bonds is 4. The predicted octanol–water partition coefficient (Wildman–Crippen LogP) is 2.75. The Kier molecular flexibility index (Phi) is 3.79. The van der Waals surface area contributed by atoms with Gasteiger partial charge in [-0.1, -0.05) is 6.92 Å². The molecule has 1 saturated heterocycles. The van der Waals surface area contributed by atoms with Crippen LogP contribution in [-0.2, 0) is 12.0 Å². The molecule has 0 bridgehead atoms. The smallest absolute Gasteiger partial charge is 0.132 e. The maximum atomic E-state index is 6.07. The summed E-state index contributed by atoms with van der Waals surface area (Å²) in [7, 11) is 0. The van der Waals surface area contributed by atoms with Crippen molar-refractivity contribution >= 4 is 5.82 Å². The topological polar surface area (TPSA) is 88.7 Å². The maximum Gasteiger partial charge on any atom is 0.132 e. The highest BCUT2D eigenvalue weighted by atomic mass is 15.3. The zero-order valence-corrected chi connectivity index (χ0v) is 15.6. The van der Waals surface area contributed by atoms with E-state index in [1.807, 2.05) is 24.5 Å². The number of imidazole rings is 1. The van der Waals surface area contributed by atoms with Gasteiger partial charge < -0.3 is 10.7 Å². The number of nitrogens with zero attached hydrogens (tertiary/aromatic N) is 5. The Balaban J connectivity index is 1.45. The lowest BCUT2D eigenvalue weighted by molar-refractivity contribution is 0.215. The van der Waals surface area contributed by atoms with Gasteiger partial charge in [0.05, 0.1) is 11.7 Å². The average molecular weight is 363 g/mol. The van der Waals surface area contributed by atoms with Gasteiger partial charge in [0.2, 0.25) is 0 Å². The first-order valence-electron chi connectivity index (χ1n) is 9.73. The van der Waals surface area contributed by atoms with Crippen LogP contribution in [0.1, 0.15) is 43.7 Å². The van der Waals surface area contributed by atoms with E-state index in [1.54, 1.807) is 6.20 Å². The van der Waals surface area contributed by atoms with E-state index in [0.717, 1.165) is 56.0 Å². The van der Waals surface area contributed by atoms with Crippen molar-refractivity contribution in [2.75, 3.05) is 18.8 Å². The van der Waals surface area contributed by atoms with Crippen molar-refractivity contribution in [2.24, 2.45) is 0 Å². The SMILES string of the molecule is CC[C@@H](c1ncc[nH]1)N1CC[C@@]2(CCn3nc(-c4cccnc4N)cc32)C1. The third kappa shape index (κ3) is 2.56. The molecular formula is C20H25N7. The summed E-state index contributed by atoms with van der Waals surface area (Å²) in [4.78, 5) is 14.6. The maximum absolute atomic E-state index is 6.07. The number of nitrogens with two attached hydrogens (primary N) is 1. The Bertz CT molecular complexity index is 945. The molecule has 2 aliphatic heterocycles. The molecule has 3 N–H and O–H groups in total. The lowest BCUT2D eigenvalue weighted by Gasteiger charge is -2.28. The molecule has 0 aliphatic carbocycles. The molecule has 140 valence electrons. The molecule has 0 amide bonds. The first kappa shape index (κ1) is 16.5. The summed E-state index contributed by atoms with van der Waals surface area (Å²) in [5, 5.41) is 4.84. The predicted molar refractivity (Wildman–Crippen MR) is 104 cm³/mol. The van der Waals surface area contributed by atoms with E-state index in [4.69, 9.17) is 10.8 Å². The van der Waals surface area contributed by atoms with E-state index in [-0.39, 0.29) is 5.41 Å². The number of anilines is 1. The number of H-pyrrole nitrogens is 1. The Morgan fingerprint density at radius 1 is 1.26 bits per heavy atom. The highest BCUT2D eigenvalue weighted by Crippen LogP contribution is 2.46. The van der Waals surface area contributed by atoms with Crippen LogP contribution in [0, 0.1) is 0 Å². The van der Waals surface area contributed by atoms with Crippen molar-refractivity contribution in [1.82, 2.24) is 29.6 Å². The van der Waals surface area contributed by atoms with Crippen LogP contribution in [-0.4, -0.2) is 42.7 Å². The fourth-order valence-corrected chi connectivity index (χ4v) is 4.90. The molecule has 27 heavy (non-hydrogen) atoms. The van der Waals surface area contributed by atoms with E-state index in [1.165, 1.54) is 5.69 Å². The van der Waals surface area contributed by atoms with Crippen LogP contribution < -0.4 is 5.73 Å². The molecule has 0 aromatic carbocycles. The summed E-state index contributed by atoms with van der Waals surface area (Å²) in [6.07, 6.45) is 8.86. The summed E-state index contributed by atoms with van der Waals surface area (Å²) in [5.41, 5.74) is 9.46. The summed E-state index contributed by atoms with van der Waals surface area (Å²) >= 11 is 0. The van der Waals surface area contributed by atoms with Gasteiger partial charge in [-0.3, -0.25) is 9.58 Å². The number of hydrogen-bond donors (Lipinski definition) is 2. The van der Waals surface area contributed by atoms with Crippen molar-refractivity contribution < 1.29 is 0 Å². The number of nitrogens with one attached hydrogen (secondary N) is 1. The van der Waals surface area contributed by atoms with Gasteiger partial charge in [0.15, 0.2) is 0 Å². The lowest BCUT2D eigenvalue weighted by atomic mass is 9.82. The van der Waals surface area contributed by atoms with E-state index >= 15 is 0 Å². The number of aromatic nitrogens is 5. The van der Waals surface area contributed by atoms with Crippen LogP contribution in [0.3, 0.4) is 0 Å². The van der Waals surface area contributed by atoms with Gasteiger partial charge in [0.1, 0.15) is 11.6 Å². The van der Waals surface area contributed by atoms with Crippen LogP contribution in [0.25, 0.3) is 11.3 Å². The van der Waals surface area contributed by atoms with Gasteiger partial charge in [-0.25, -0.2) is 9.97 Å². The minimum Gasteiger partial charge on any atom is -0.383 e. The second kappa shape index (κ2) is 6.20. The quantitative estimate of drug-likeness (QED) is 0.744. The van der Waals surface area contributed by atoms with Crippen LogP contribution in [0.15, 0.2) is 36.8 Å². The minimum absolute atomic E-state index is 0.183. The number of aryl methyl sites for hydroxylation is 1. The number of likely N-dealkylation sites (tertiary alicyclic amines) is 1. The van der Waals surface area contributed by atoms with Crippen LogP contribution in [0.2, 0.25) is 0 Å². The highest BCUT2D eigenvalue weighted by Gasteiger charge is 2.47. The Morgan fingerprint density at radius 2 is 2.15 bits per heavy atom. The van der Waals surface area contributed by atoms with Gasteiger partial charge in [-0.15, -0.1) is 0 Å². The monoisotopic (exact) mass is 363 g/mol. The Hall–Kier alpha value is -2.67. The second-order valence-corrected chi connectivity index (χ2v) is 7.72. The fraction of sp³-hybridized carbons (Fsp3) is 0.450. The molecule has 0 saturated carbocycles. The first-order valence-corrected chi connectivity index (χ1v) is 9.73. The molecule has 0 radical (unpaired) electrons. The fourth-order valence-electron chi connectivity index (χ4n) is 4.90. The summed E-state index contributed by atoms with van der Waals surface area (Å²) in [6, 6.07) is 6.50. The molecule has 5 rings (SSSR count). The largest absolute Gasteiger partial charge is 0.383 e. The van der Waals surface area contributed by atoms with Crippen molar-refractivity contribution in [2.45, 2.75) is 44.2 Å². The third-order valence-electron chi connectivity index (χ3n) is 6.29. The Labute approximate surface area is 158 Å². The minimum atomic E-state index is 0.183. The molecule has 1 fully saturated rings. The van der Waals surface area contributed by atoms with Crippen LogP contribution >= 0.6 is 0 Å². The molecular weight excluding hydrogens is 338 g/mol. The standard InChI is InChI=1S/C20H25N7/c1-2-16(19-23-8-9-24-19)26-10-5-20(13-26)6-11-27-17(20)12-15(25-27)14-4-3-7-22-18(14)21/h3-4,7-9,12,16H,2,5-6,10-11,13H2,1H3,(H2,21,22)(H,23,24)/t16-,20+/m0/s1. The van der Waals surface area contributed by atoms with Crippen molar-refractivity contribution in [3.05, 3.63) is 48.3 Å². The number of fused-ring (bicyclic) bond motifs is 2. The van der Waals surface area contributed by atoms with Crippen LogP contribution in [0.4, 0.5) is 5.82 Å². The average Bonchev–Trinajstić information content (AvgIpc) is 3.45. The zero-order chi connectivity index (χ0) is 18.4. The zero-order valence-electron chi connectivity index (χ0n) is 15.6. The van der Waals surface area contributed by atoms with Gasteiger partial charge in [0, 0.05) is 48.4 Å². The highest BCUT2D eigenvalue weighted by molar-refractivity contribution is 5.71. The molecule has 3 aromatic rings. The van der Waals surface area contributed by atoms with E-state index in [9.17, 15) is 0 Å². The summed E-state index contributed by atoms with van der Waals surface area (Å²) < 4.78 is 2.18. The number of hydrogen-bond acceptors (Lipinski definition) is 5. The van der Waals surface area contributed by atoms with Crippen molar-refractivity contribution in [1.29, 1.82) is 0 Å². The lowest BCUT2D eigenvalue weighted by Crippen LogP contribution is -2.32. The molecule has 2 aliphatic rings. The molecule has 0 unspecified atom stereocenters. The van der Waals surface area contributed by atoms with Crippen LogP contribution in [0.5, 0.6) is 0 Å². The van der Waals surface area contributed by atoms with Gasteiger partial charge >= 0.3 is 0 Å². The van der Waals surface area contributed by atoms with E-state index in [0.29, 0.717) is 11.9 Å². The van der Waals surface area contributed by atoms with Crippen molar-refractivity contribution in [3.8, 4) is 11.3 Å². The second-order valence-electron chi connectivity index (χ2n) is 7.72. The molecule has 5 heterocycles. The van der Waals surface area contributed by atoms with E-state index in [2.05, 4.69) is 37.5 Å². The molecule has 7 nitrogen and oxygen atoms in total. The summed E-state index contributed by atoms with van der Waals surface area (Å²) in [5.74, 6) is 1.62. The summed E-state index contributed by atoms with van der Waals surface area (Å²) in [6.45, 7) is 5.36. The molecule has 2 atom stereocenters. The van der Waals surface area contributed by atoms with E-state index < -0.39 is 0 Å². The normalized spacial score (nSPS) is 23.1. The number of pyridine rings is 1. The molecule has 7 heteroatoms. The molecule has 1 spiro atoms. The molecule has 3 aromatic heterocycles. The Morgan fingerprint density at radius 3 is 2.93 bits per heavy atom.